The van der Waals surface area contributed by atoms with Crippen molar-refractivity contribution in [2.75, 3.05) is 0 Å². The fourth-order valence-electron chi connectivity index (χ4n) is 4.80. The number of piperidine rings is 1. The van der Waals surface area contributed by atoms with Crippen LogP contribution in [0.5, 0.6) is 0 Å². The Labute approximate surface area is 185 Å². The summed E-state index contributed by atoms with van der Waals surface area (Å²) in [6.45, 7) is 7.10. The first kappa shape index (κ1) is 21.8. The Morgan fingerprint density at radius 3 is 2.29 bits per heavy atom. The van der Waals surface area contributed by atoms with Gasteiger partial charge in [-0.2, -0.15) is 0 Å². The number of fused-ring (bicyclic) bond motifs is 2. The van der Waals surface area contributed by atoms with Crippen LogP contribution < -0.4 is 5.32 Å². The minimum atomic E-state index is -0.501. The second kappa shape index (κ2) is 9.41. The lowest BCUT2D eigenvalue weighted by molar-refractivity contribution is -0.0717. The molecule has 0 radical (unpaired) electrons. The zero-order valence-corrected chi connectivity index (χ0v) is 18.8. The van der Waals surface area contributed by atoms with E-state index in [1.807, 2.05) is 49.9 Å². The summed E-state index contributed by atoms with van der Waals surface area (Å²) in [5, 5.41) is 3.73. The second-order valence-corrected chi connectivity index (χ2v) is 9.66. The number of hydrogen-bond donors (Lipinski definition) is 1. The van der Waals surface area contributed by atoms with E-state index in [-0.39, 0.29) is 30.3 Å². The SMILES string of the molecule is CC(C)(C)OC(=O)N1[C@@H]2CC[C@H]1[C@@H](OCc1ccccc1)[C@@H](NCc1ccccc1)C2. The van der Waals surface area contributed by atoms with E-state index in [0.29, 0.717) is 6.61 Å². The Kier molecular flexibility index (Phi) is 6.63. The maximum atomic E-state index is 13.0. The van der Waals surface area contributed by atoms with Crippen molar-refractivity contribution in [2.45, 2.75) is 83.0 Å². The van der Waals surface area contributed by atoms with Gasteiger partial charge in [0.05, 0.1) is 18.8 Å². The van der Waals surface area contributed by atoms with Crippen LogP contribution in [0.1, 0.15) is 51.2 Å². The Morgan fingerprint density at radius 2 is 1.65 bits per heavy atom. The number of ether oxygens (including phenoxy) is 2. The lowest BCUT2D eigenvalue weighted by atomic mass is 9.94. The van der Waals surface area contributed by atoms with Gasteiger partial charge >= 0.3 is 6.09 Å². The molecule has 31 heavy (non-hydrogen) atoms. The van der Waals surface area contributed by atoms with Gasteiger partial charge in [0.2, 0.25) is 0 Å². The van der Waals surface area contributed by atoms with Gasteiger partial charge in [0.15, 0.2) is 0 Å². The van der Waals surface area contributed by atoms with Gasteiger partial charge in [0, 0.05) is 18.6 Å². The number of carbonyl (C=O) groups is 1. The molecule has 1 amide bonds. The predicted molar refractivity (Wildman–Crippen MR) is 122 cm³/mol. The smallest absolute Gasteiger partial charge is 0.410 e. The zero-order chi connectivity index (χ0) is 21.8. The van der Waals surface area contributed by atoms with E-state index in [2.05, 4.69) is 41.7 Å². The maximum absolute atomic E-state index is 13.0. The van der Waals surface area contributed by atoms with Crippen molar-refractivity contribution in [2.24, 2.45) is 0 Å². The summed E-state index contributed by atoms with van der Waals surface area (Å²) >= 11 is 0. The molecule has 4 rings (SSSR count). The molecule has 166 valence electrons. The highest BCUT2D eigenvalue weighted by Crippen LogP contribution is 2.39. The van der Waals surface area contributed by atoms with Gasteiger partial charge in [-0.05, 0) is 51.2 Å². The van der Waals surface area contributed by atoms with E-state index in [1.54, 1.807) is 0 Å². The fraction of sp³-hybridized carbons (Fsp3) is 0.500. The molecule has 1 N–H and O–H groups in total. The van der Waals surface area contributed by atoms with Crippen LogP contribution in [-0.2, 0) is 22.6 Å². The summed E-state index contributed by atoms with van der Waals surface area (Å²) in [7, 11) is 0. The van der Waals surface area contributed by atoms with E-state index in [0.717, 1.165) is 31.4 Å². The van der Waals surface area contributed by atoms with Gasteiger partial charge in [-0.25, -0.2) is 4.79 Å². The Balaban J connectivity index is 1.50. The first-order valence-corrected chi connectivity index (χ1v) is 11.3. The molecule has 2 heterocycles. The molecule has 2 aromatic carbocycles. The van der Waals surface area contributed by atoms with Crippen molar-refractivity contribution in [3.05, 3.63) is 71.8 Å². The van der Waals surface area contributed by atoms with Gasteiger partial charge < -0.3 is 14.8 Å². The number of rotatable bonds is 6. The molecule has 4 atom stereocenters. The molecule has 2 bridgehead atoms. The number of amides is 1. The van der Waals surface area contributed by atoms with Crippen molar-refractivity contribution in [1.29, 1.82) is 0 Å². The lowest BCUT2D eigenvalue weighted by Gasteiger charge is -2.44. The number of hydrogen-bond acceptors (Lipinski definition) is 4. The van der Waals surface area contributed by atoms with E-state index in [1.165, 1.54) is 5.56 Å². The molecule has 2 fully saturated rings. The average molecular weight is 423 g/mol. The average Bonchev–Trinajstić information content (AvgIpc) is 3.07. The molecule has 0 unspecified atom stereocenters. The van der Waals surface area contributed by atoms with Gasteiger partial charge in [0.1, 0.15) is 5.60 Å². The molecule has 0 aromatic heterocycles. The second-order valence-electron chi connectivity index (χ2n) is 9.66. The summed E-state index contributed by atoms with van der Waals surface area (Å²) < 4.78 is 12.2. The van der Waals surface area contributed by atoms with Gasteiger partial charge in [0.25, 0.3) is 0 Å². The van der Waals surface area contributed by atoms with Gasteiger partial charge in [-0.15, -0.1) is 0 Å². The first-order chi connectivity index (χ1) is 14.9. The molecule has 0 saturated carbocycles. The van der Waals surface area contributed by atoms with Crippen molar-refractivity contribution >= 4 is 6.09 Å². The topological polar surface area (TPSA) is 50.8 Å². The van der Waals surface area contributed by atoms with Crippen molar-refractivity contribution < 1.29 is 14.3 Å². The Hall–Kier alpha value is -2.37. The third-order valence-electron chi connectivity index (χ3n) is 6.15. The molecule has 2 aliphatic rings. The summed E-state index contributed by atoms with van der Waals surface area (Å²) in [5.74, 6) is 0. The minimum Gasteiger partial charge on any atom is -0.444 e. The number of benzene rings is 2. The monoisotopic (exact) mass is 422 g/mol. The van der Waals surface area contributed by atoms with Crippen molar-refractivity contribution in [3.8, 4) is 0 Å². The van der Waals surface area contributed by atoms with Crippen LogP contribution in [0.25, 0.3) is 0 Å². The van der Waals surface area contributed by atoms with Crippen LogP contribution in [-0.4, -0.2) is 40.8 Å². The number of nitrogens with one attached hydrogen (secondary N) is 1. The number of nitrogens with zero attached hydrogens (tertiary/aromatic N) is 1. The standard InChI is InChI=1S/C26H34N2O3/c1-26(2,3)31-25(29)28-21-14-15-23(28)24(30-18-20-12-8-5-9-13-20)22(16-21)27-17-19-10-6-4-7-11-19/h4-13,21-24,27H,14-18H2,1-3H3/t21-,22+,23+,24+/m1/s1. The first-order valence-electron chi connectivity index (χ1n) is 11.3. The summed E-state index contributed by atoms with van der Waals surface area (Å²) in [6.07, 6.45) is 2.54. The van der Waals surface area contributed by atoms with E-state index in [9.17, 15) is 4.79 Å². The molecular formula is C26H34N2O3. The zero-order valence-electron chi connectivity index (χ0n) is 18.8. The molecule has 5 nitrogen and oxygen atoms in total. The van der Waals surface area contributed by atoms with E-state index in [4.69, 9.17) is 9.47 Å². The van der Waals surface area contributed by atoms with Gasteiger partial charge in [-0.3, -0.25) is 4.90 Å². The molecule has 0 spiro atoms. The Morgan fingerprint density at radius 1 is 1.00 bits per heavy atom. The number of carbonyl (C=O) groups excluding carboxylic acids is 1. The molecule has 2 aliphatic heterocycles. The highest BCUT2D eigenvalue weighted by molar-refractivity contribution is 5.70. The summed E-state index contributed by atoms with van der Waals surface area (Å²) in [5.41, 5.74) is 1.90. The van der Waals surface area contributed by atoms with Crippen LogP contribution in [0, 0.1) is 0 Å². The van der Waals surface area contributed by atoms with Crippen LogP contribution >= 0.6 is 0 Å². The van der Waals surface area contributed by atoms with Crippen LogP contribution in [0.3, 0.4) is 0 Å². The van der Waals surface area contributed by atoms with Crippen LogP contribution in [0.2, 0.25) is 0 Å². The largest absolute Gasteiger partial charge is 0.444 e. The maximum Gasteiger partial charge on any atom is 0.410 e. The highest BCUT2D eigenvalue weighted by atomic mass is 16.6. The highest BCUT2D eigenvalue weighted by Gasteiger charge is 2.50. The summed E-state index contributed by atoms with van der Waals surface area (Å²) in [4.78, 5) is 15.0. The summed E-state index contributed by atoms with van der Waals surface area (Å²) in [6, 6.07) is 21.1. The molecule has 2 saturated heterocycles. The third kappa shape index (κ3) is 5.46. The quantitative estimate of drug-likeness (QED) is 0.719. The third-order valence-corrected chi connectivity index (χ3v) is 6.15. The van der Waals surface area contributed by atoms with Crippen molar-refractivity contribution in [3.63, 3.8) is 0 Å². The normalized spacial score (nSPS) is 25.5. The van der Waals surface area contributed by atoms with Crippen molar-refractivity contribution in [1.82, 2.24) is 10.2 Å². The van der Waals surface area contributed by atoms with Crippen LogP contribution in [0.15, 0.2) is 60.7 Å². The fourth-order valence-corrected chi connectivity index (χ4v) is 4.80. The lowest BCUT2D eigenvalue weighted by Crippen LogP contribution is -2.61. The molecule has 2 aromatic rings. The van der Waals surface area contributed by atoms with Gasteiger partial charge in [-0.1, -0.05) is 60.7 Å². The molecule has 5 heteroatoms. The minimum absolute atomic E-state index is 0.0329. The molecule has 0 aliphatic carbocycles. The molecular weight excluding hydrogens is 388 g/mol. The van der Waals surface area contributed by atoms with E-state index < -0.39 is 5.60 Å². The predicted octanol–water partition coefficient (Wildman–Crippen LogP) is 4.90. The van der Waals surface area contributed by atoms with E-state index >= 15 is 0 Å². The van der Waals surface area contributed by atoms with Crippen LogP contribution in [0.4, 0.5) is 4.79 Å². The Bertz CT molecular complexity index is 850.